The molecule has 1 aliphatic heterocycles. The summed E-state index contributed by atoms with van der Waals surface area (Å²) in [6.45, 7) is 9.70. The quantitative estimate of drug-likeness (QED) is 0.526. The molecule has 3 rings (SSSR count). The van der Waals surface area contributed by atoms with Crippen LogP contribution in [0.2, 0.25) is 0 Å². The predicted molar refractivity (Wildman–Crippen MR) is 127 cm³/mol. The number of carbonyl (C=O) groups is 2. The zero-order valence-electron chi connectivity index (χ0n) is 18.9. The van der Waals surface area contributed by atoms with Crippen molar-refractivity contribution in [1.82, 2.24) is 5.32 Å². The van der Waals surface area contributed by atoms with Gasteiger partial charge in [-0.25, -0.2) is 9.59 Å². The molecule has 1 atom stereocenters. The van der Waals surface area contributed by atoms with Crippen LogP contribution in [-0.2, 0) is 4.74 Å². The molecule has 7 nitrogen and oxygen atoms in total. The molecular weight excluding hydrogens is 424 g/mol. The monoisotopic (exact) mass is 452 g/mol. The van der Waals surface area contributed by atoms with Gasteiger partial charge in [-0.3, -0.25) is 5.32 Å². The van der Waals surface area contributed by atoms with E-state index in [0.717, 1.165) is 10.5 Å². The van der Waals surface area contributed by atoms with E-state index in [1.165, 1.54) is 0 Å². The number of thioether (sulfide) groups is 1. The van der Waals surface area contributed by atoms with Crippen molar-refractivity contribution in [3.05, 3.63) is 53.6 Å². The fourth-order valence-corrected chi connectivity index (χ4v) is 4.77. The Labute approximate surface area is 192 Å². The predicted octanol–water partition coefficient (Wildman–Crippen LogP) is 6.04. The molecule has 1 unspecified atom stereocenters. The molecule has 3 amide bonds. The Hall–Kier alpha value is -3.18. The number of benzene rings is 2. The smallest absolute Gasteiger partial charge is 0.412 e. The number of amides is 3. The Morgan fingerprint density at radius 3 is 2.53 bits per heavy atom. The van der Waals surface area contributed by atoms with E-state index >= 15 is 0 Å². The van der Waals surface area contributed by atoms with Crippen LogP contribution in [0.1, 0.15) is 58.2 Å². The second-order valence-corrected chi connectivity index (χ2v) is 11.0. The lowest BCUT2D eigenvalue weighted by molar-refractivity contribution is 0.0636. The van der Waals surface area contributed by atoms with Crippen LogP contribution in [-0.4, -0.2) is 22.5 Å². The standard InChI is InChI=1S/C24H28N4O3S/c1-23(2,3)31-22(30)27-17-9-10-20-18(12-17)19(13-24(4,5)32-20)28-21(29)26-16-8-6-7-15(11-16)14-25/h6-12,19H,13H2,1-5H3,(H,27,30)(H2,26,28,29). The molecule has 0 saturated heterocycles. The highest BCUT2D eigenvalue weighted by molar-refractivity contribution is 8.00. The van der Waals surface area contributed by atoms with E-state index in [1.807, 2.05) is 39.0 Å². The van der Waals surface area contributed by atoms with Crippen molar-refractivity contribution >= 4 is 35.3 Å². The van der Waals surface area contributed by atoms with E-state index in [4.69, 9.17) is 10.00 Å². The van der Waals surface area contributed by atoms with Gasteiger partial charge in [0.05, 0.1) is 17.7 Å². The van der Waals surface area contributed by atoms with Crippen molar-refractivity contribution in [3.63, 3.8) is 0 Å². The van der Waals surface area contributed by atoms with Gasteiger partial charge in [0.2, 0.25) is 0 Å². The Morgan fingerprint density at radius 2 is 1.84 bits per heavy atom. The molecule has 0 spiro atoms. The summed E-state index contributed by atoms with van der Waals surface area (Å²) in [6.07, 6.45) is 0.188. The average molecular weight is 453 g/mol. The lowest BCUT2D eigenvalue weighted by atomic mass is 9.95. The summed E-state index contributed by atoms with van der Waals surface area (Å²) in [7, 11) is 0. The molecule has 0 bridgehead atoms. The SMILES string of the molecule is CC(C)(C)OC(=O)Nc1ccc2c(c1)C(NC(=O)Nc1cccc(C#N)c1)CC(C)(C)S2. The van der Waals surface area contributed by atoms with Crippen LogP contribution in [0.3, 0.4) is 0 Å². The molecule has 2 aromatic rings. The number of nitrogens with one attached hydrogen (secondary N) is 3. The van der Waals surface area contributed by atoms with Crippen LogP contribution in [0.5, 0.6) is 0 Å². The molecule has 1 heterocycles. The Kier molecular flexibility index (Phi) is 6.70. The highest BCUT2D eigenvalue weighted by Crippen LogP contribution is 2.48. The van der Waals surface area contributed by atoms with Crippen LogP contribution in [0.15, 0.2) is 47.4 Å². The summed E-state index contributed by atoms with van der Waals surface area (Å²) in [4.78, 5) is 25.9. The van der Waals surface area contributed by atoms with E-state index in [-0.39, 0.29) is 16.8 Å². The molecule has 8 heteroatoms. The van der Waals surface area contributed by atoms with Crippen LogP contribution >= 0.6 is 11.8 Å². The molecule has 0 aliphatic carbocycles. The largest absolute Gasteiger partial charge is 0.444 e. The summed E-state index contributed by atoms with van der Waals surface area (Å²) in [5, 5.41) is 17.7. The summed E-state index contributed by atoms with van der Waals surface area (Å²) in [5.74, 6) is 0. The fraction of sp³-hybridized carbons (Fsp3) is 0.375. The van der Waals surface area contributed by atoms with Gasteiger partial charge in [0.15, 0.2) is 0 Å². The van der Waals surface area contributed by atoms with Crippen molar-refractivity contribution in [2.24, 2.45) is 0 Å². The first-order chi connectivity index (χ1) is 14.9. The number of anilines is 2. The second kappa shape index (κ2) is 9.13. The molecule has 3 N–H and O–H groups in total. The third-order valence-corrected chi connectivity index (χ3v) is 5.98. The first-order valence-corrected chi connectivity index (χ1v) is 11.2. The first kappa shape index (κ1) is 23.5. The first-order valence-electron chi connectivity index (χ1n) is 10.3. The van der Waals surface area contributed by atoms with Gasteiger partial charge in [-0.1, -0.05) is 19.9 Å². The normalized spacial score (nSPS) is 16.8. The molecule has 0 aromatic heterocycles. The van der Waals surface area contributed by atoms with Crippen LogP contribution in [0.4, 0.5) is 21.0 Å². The number of urea groups is 1. The van der Waals surface area contributed by atoms with E-state index < -0.39 is 11.7 Å². The second-order valence-electron chi connectivity index (χ2n) is 9.29. The number of fused-ring (bicyclic) bond motifs is 1. The third kappa shape index (κ3) is 6.41. The van der Waals surface area contributed by atoms with Crippen molar-refractivity contribution in [2.45, 2.75) is 62.3 Å². The van der Waals surface area contributed by atoms with E-state index in [1.54, 1.807) is 36.0 Å². The third-order valence-electron chi connectivity index (χ3n) is 4.67. The number of nitrogens with zero attached hydrogens (tertiary/aromatic N) is 1. The minimum atomic E-state index is -0.594. The molecule has 168 valence electrons. The summed E-state index contributed by atoms with van der Waals surface area (Å²) in [5.41, 5.74) is 1.97. The zero-order valence-corrected chi connectivity index (χ0v) is 19.7. The molecule has 2 aromatic carbocycles. The van der Waals surface area contributed by atoms with Crippen molar-refractivity contribution in [2.75, 3.05) is 10.6 Å². The topological polar surface area (TPSA) is 103 Å². The van der Waals surface area contributed by atoms with Crippen LogP contribution < -0.4 is 16.0 Å². The van der Waals surface area contributed by atoms with Gasteiger partial charge in [-0.15, -0.1) is 11.8 Å². The van der Waals surface area contributed by atoms with Gasteiger partial charge in [-0.05, 0) is 69.2 Å². The Balaban J connectivity index is 1.78. The number of rotatable bonds is 3. The average Bonchev–Trinajstić information content (AvgIpc) is 2.66. The van der Waals surface area contributed by atoms with Gasteiger partial charge < -0.3 is 15.4 Å². The summed E-state index contributed by atoms with van der Waals surface area (Å²) >= 11 is 1.74. The number of hydrogen-bond donors (Lipinski definition) is 3. The minimum absolute atomic E-state index is 0.0776. The van der Waals surface area contributed by atoms with Crippen LogP contribution in [0, 0.1) is 11.3 Å². The van der Waals surface area contributed by atoms with E-state index in [2.05, 4.69) is 35.9 Å². The highest BCUT2D eigenvalue weighted by atomic mass is 32.2. The molecule has 1 aliphatic rings. The molecule has 0 fully saturated rings. The molecular formula is C24H28N4O3S. The zero-order chi connectivity index (χ0) is 23.5. The van der Waals surface area contributed by atoms with Crippen molar-refractivity contribution in [1.29, 1.82) is 5.26 Å². The minimum Gasteiger partial charge on any atom is -0.444 e. The lowest BCUT2D eigenvalue weighted by Gasteiger charge is -2.37. The van der Waals surface area contributed by atoms with Gasteiger partial charge in [-0.2, -0.15) is 5.26 Å². The lowest BCUT2D eigenvalue weighted by Crippen LogP contribution is -2.38. The van der Waals surface area contributed by atoms with Gasteiger partial charge in [0.25, 0.3) is 0 Å². The summed E-state index contributed by atoms with van der Waals surface area (Å²) < 4.78 is 5.26. The number of ether oxygens (including phenoxy) is 1. The van der Waals surface area contributed by atoms with Crippen molar-refractivity contribution in [3.8, 4) is 6.07 Å². The van der Waals surface area contributed by atoms with Crippen LogP contribution in [0.25, 0.3) is 0 Å². The Bertz CT molecular complexity index is 1070. The number of hydrogen-bond acceptors (Lipinski definition) is 5. The van der Waals surface area contributed by atoms with Gasteiger partial charge in [0.1, 0.15) is 5.60 Å². The van der Waals surface area contributed by atoms with Gasteiger partial charge >= 0.3 is 12.1 Å². The maximum atomic E-state index is 12.7. The molecule has 0 saturated carbocycles. The summed E-state index contributed by atoms with van der Waals surface area (Å²) in [6, 6.07) is 13.9. The molecule has 32 heavy (non-hydrogen) atoms. The maximum absolute atomic E-state index is 12.7. The Morgan fingerprint density at radius 1 is 1.12 bits per heavy atom. The van der Waals surface area contributed by atoms with Gasteiger partial charge in [0, 0.05) is 21.0 Å². The molecule has 0 radical (unpaired) electrons. The highest BCUT2D eigenvalue weighted by Gasteiger charge is 2.34. The number of carbonyl (C=O) groups excluding carboxylic acids is 2. The number of nitriles is 1. The maximum Gasteiger partial charge on any atom is 0.412 e. The van der Waals surface area contributed by atoms with E-state index in [9.17, 15) is 9.59 Å². The fourth-order valence-electron chi connectivity index (χ4n) is 3.47. The van der Waals surface area contributed by atoms with Crippen molar-refractivity contribution < 1.29 is 14.3 Å². The van der Waals surface area contributed by atoms with E-state index in [0.29, 0.717) is 23.4 Å².